The summed E-state index contributed by atoms with van der Waals surface area (Å²) in [7, 11) is 0. The van der Waals surface area contributed by atoms with Gasteiger partial charge in [0, 0.05) is 17.1 Å². The van der Waals surface area contributed by atoms with E-state index in [1.807, 2.05) is 6.08 Å². The standard InChI is InChI=1S/C20H23ClN4O2S/c1-12-8-15(11-20(2,3)10-12)24-25-19-23-18(27)16(28-19)9-17(26)22-14-6-4-13(21)5-7-14/h4-8,16H,9-11H2,1-3H3,(H,22,26)(H,23,25,27)/b24-15-/t16-/m1/s1. The maximum Gasteiger partial charge on any atom is 0.240 e. The molecule has 28 heavy (non-hydrogen) atoms. The molecule has 0 bridgehead atoms. The molecule has 2 amide bonds. The zero-order valence-electron chi connectivity index (χ0n) is 16.1. The third-order valence-corrected chi connectivity index (χ3v) is 5.70. The second kappa shape index (κ2) is 8.49. The van der Waals surface area contributed by atoms with Gasteiger partial charge in [0.1, 0.15) is 5.25 Å². The molecule has 1 fully saturated rings. The Hall–Kier alpha value is -2.12. The number of carbonyl (C=O) groups excluding carboxylic acids is 2. The summed E-state index contributed by atoms with van der Waals surface area (Å²) in [6, 6.07) is 6.82. The third-order valence-electron chi connectivity index (χ3n) is 4.37. The first-order chi connectivity index (χ1) is 13.2. The zero-order chi connectivity index (χ0) is 20.3. The minimum atomic E-state index is -0.522. The highest BCUT2D eigenvalue weighted by Crippen LogP contribution is 2.34. The van der Waals surface area contributed by atoms with Gasteiger partial charge in [-0.3, -0.25) is 9.59 Å². The van der Waals surface area contributed by atoms with Gasteiger partial charge >= 0.3 is 0 Å². The van der Waals surface area contributed by atoms with Crippen LogP contribution >= 0.6 is 23.4 Å². The van der Waals surface area contributed by atoms with Crippen LogP contribution in [0.4, 0.5) is 5.69 Å². The molecule has 1 aliphatic heterocycles. The minimum absolute atomic E-state index is 0.0563. The van der Waals surface area contributed by atoms with Crippen molar-refractivity contribution in [2.24, 2.45) is 15.6 Å². The number of allylic oxidation sites excluding steroid dienone is 2. The molecule has 1 aromatic carbocycles. The monoisotopic (exact) mass is 418 g/mol. The molecule has 8 heteroatoms. The molecule has 1 saturated heterocycles. The maximum absolute atomic E-state index is 12.2. The number of nitrogens with zero attached hydrogens (tertiary/aromatic N) is 2. The predicted molar refractivity (Wildman–Crippen MR) is 116 cm³/mol. The molecule has 1 heterocycles. The van der Waals surface area contributed by atoms with Crippen molar-refractivity contribution in [3.8, 4) is 0 Å². The Labute approximate surface area is 173 Å². The van der Waals surface area contributed by atoms with Crippen molar-refractivity contribution < 1.29 is 9.59 Å². The van der Waals surface area contributed by atoms with Crippen molar-refractivity contribution in [1.29, 1.82) is 0 Å². The Morgan fingerprint density at radius 1 is 1.29 bits per heavy atom. The minimum Gasteiger partial charge on any atom is -0.326 e. The summed E-state index contributed by atoms with van der Waals surface area (Å²) >= 11 is 7.06. The van der Waals surface area contributed by atoms with E-state index in [9.17, 15) is 9.59 Å². The highest BCUT2D eigenvalue weighted by molar-refractivity contribution is 8.15. The number of hydrogen-bond acceptors (Lipinski definition) is 5. The first-order valence-corrected chi connectivity index (χ1v) is 10.3. The summed E-state index contributed by atoms with van der Waals surface area (Å²) in [5.74, 6) is -0.471. The van der Waals surface area contributed by atoms with E-state index in [4.69, 9.17) is 11.6 Å². The molecule has 2 aliphatic rings. The smallest absolute Gasteiger partial charge is 0.240 e. The van der Waals surface area contributed by atoms with Gasteiger partial charge < -0.3 is 10.6 Å². The van der Waals surface area contributed by atoms with Crippen LogP contribution in [-0.2, 0) is 9.59 Å². The maximum atomic E-state index is 12.2. The molecular formula is C20H23ClN4O2S. The van der Waals surface area contributed by atoms with Gasteiger partial charge in [0.2, 0.25) is 11.8 Å². The summed E-state index contributed by atoms with van der Waals surface area (Å²) in [6.45, 7) is 6.49. The largest absolute Gasteiger partial charge is 0.326 e. The molecule has 0 spiro atoms. The number of hydrogen-bond donors (Lipinski definition) is 2. The van der Waals surface area contributed by atoms with E-state index in [-0.39, 0.29) is 23.7 Å². The summed E-state index contributed by atoms with van der Waals surface area (Å²) in [5, 5.41) is 14.5. The molecule has 2 N–H and O–H groups in total. The van der Waals surface area contributed by atoms with Crippen molar-refractivity contribution in [3.05, 3.63) is 40.9 Å². The molecule has 0 radical (unpaired) electrons. The zero-order valence-corrected chi connectivity index (χ0v) is 17.7. The number of nitrogens with one attached hydrogen (secondary N) is 2. The van der Waals surface area contributed by atoms with E-state index in [1.54, 1.807) is 24.3 Å². The fraction of sp³-hybridized carbons (Fsp3) is 0.400. The molecule has 1 aromatic rings. The van der Waals surface area contributed by atoms with Crippen molar-refractivity contribution in [3.63, 3.8) is 0 Å². The van der Waals surface area contributed by atoms with Crippen LogP contribution < -0.4 is 10.6 Å². The van der Waals surface area contributed by atoms with Crippen LogP contribution in [0.3, 0.4) is 0 Å². The number of rotatable bonds is 4. The molecule has 0 saturated carbocycles. The first kappa shape index (κ1) is 20.6. The lowest BCUT2D eigenvalue weighted by molar-refractivity contribution is -0.122. The normalized spacial score (nSPS) is 24.2. The number of anilines is 1. The van der Waals surface area contributed by atoms with Crippen LogP contribution in [0.15, 0.2) is 46.1 Å². The summed E-state index contributed by atoms with van der Waals surface area (Å²) in [5.41, 5.74) is 2.97. The Bertz CT molecular complexity index is 875. The first-order valence-electron chi connectivity index (χ1n) is 9.05. The summed E-state index contributed by atoms with van der Waals surface area (Å²) in [6.07, 6.45) is 3.99. The van der Waals surface area contributed by atoms with Gasteiger partial charge in [-0.05, 0) is 55.5 Å². The molecule has 3 rings (SSSR count). The number of amides is 2. The number of halogens is 1. The van der Waals surface area contributed by atoms with Crippen molar-refractivity contribution >= 4 is 51.7 Å². The second-order valence-electron chi connectivity index (χ2n) is 7.86. The molecule has 148 valence electrons. The van der Waals surface area contributed by atoms with Gasteiger partial charge in [0.05, 0.1) is 5.71 Å². The second-order valence-corrected chi connectivity index (χ2v) is 9.49. The van der Waals surface area contributed by atoms with Crippen LogP contribution in [0, 0.1) is 5.41 Å². The molecule has 6 nitrogen and oxygen atoms in total. The fourth-order valence-corrected chi connectivity index (χ4v) is 4.41. The molecule has 0 unspecified atom stereocenters. The molecular weight excluding hydrogens is 396 g/mol. The van der Waals surface area contributed by atoms with Crippen molar-refractivity contribution in [2.75, 3.05) is 5.32 Å². The van der Waals surface area contributed by atoms with Crippen LogP contribution in [0.1, 0.15) is 40.0 Å². The van der Waals surface area contributed by atoms with Gasteiger partial charge in [-0.25, -0.2) is 0 Å². The Kier molecular flexibility index (Phi) is 6.25. The number of carbonyl (C=O) groups is 2. The Balaban J connectivity index is 1.59. The average Bonchev–Trinajstić information content (AvgIpc) is 2.93. The summed E-state index contributed by atoms with van der Waals surface area (Å²) < 4.78 is 0. The van der Waals surface area contributed by atoms with E-state index in [2.05, 4.69) is 41.6 Å². The van der Waals surface area contributed by atoms with E-state index in [1.165, 1.54) is 17.3 Å². The fourth-order valence-electron chi connectivity index (χ4n) is 3.37. The van der Waals surface area contributed by atoms with E-state index in [0.717, 1.165) is 18.6 Å². The topological polar surface area (TPSA) is 82.9 Å². The van der Waals surface area contributed by atoms with Crippen LogP contribution in [0.2, 0.25) is 5.02 Å². The lowest BCUT2D eigenvalue weighted by Crippen LogP contribution is -2.28. The highest BCUT2D eigenvalue weighted by Gasteiger charge is 2.32. The van der Waals surface area contributed by atoms with Gasteiger partial charge in [-0.15, -0.1) is 5.10 Å². The average molecular weight is 419 g/mol. The van der Waals surface area contributed by atoms with Crippen LogP contribution in [-0.4, -0.2) is 27.9 Å². The number of thioether (sulfide) groups is 1. The Morgan fingerprint density at radius 2 is 2.00 bits per heavy atom. The van der Waals surface area contributed by atoms with Crippen LogP contribution in [0.25, 0.3) is 0 Å². The molecule has 0 aromatic heterocycles. The van der Waals surface area contributed by atoms with E-state index < -0.39 is 5.25 Å². The lowest BCUT2D eigenvalue weighted by atomic mass is 9.77. The Morgan fingerprint density at radius 3 is 2.68 bits per heavy atom. The molecule has 1 aliphatic carbocycles. The van der Waals surface area contributed by atoms with Crippen molar-refractivity contribution in [2.45, 2.75) is 45.3 Å². The van der Waals surface area contributed by atoms with E-state index >= 15 is 0 Å². The van der Waals surface area contributed by atoms with Gasteiger partial charge in [-0.1, -0.05) is 42.8 Å². The quantitative estimate of drug-likeness (QED) is 0.712. The summed E-state index contributed by atoms with van der Waals surface area (Å²) in [4.78, 5) is 24.4. The van der Waals surface area contributed by atoms with Gasteiger partial charge in [-0.2, -0.15) is 5.10 Å². The van der Waals surface area contributed by atoms with E-state index in [0.29, 0.717) is 15.9 Å². The third kappa shape index (κ3) is 5.69. The highest BCUT2D eigenvalue weighted by atomic mass is 35.5. The lowest BCUT2D eigenvalue weighted by Gasteiger charge is -2.28. The molecule has 1 atom stereocenters. The van der Waals surface area contributed by atoms with Gasteiger partial charge in [0.25, 0.3) is 0 Å². The SMILES string of the molecule is CC1=C/C(=N/N=C2\NC(=O)[C@@H](CC(=O)Nc3ccc(Cl)cc3)S2)CC(C)(C)C1. The van der Waals surface area contributed by atoms with Crippen molar-refractivity contribution in [1.82, 2.24) is 5.32 Å². The number of benzene rings is 1. The van der Waals surface area contributed by atoms with Gasteiger partial charge in [0.15, 0.2) is 5.17 Å². The number of amidine groups is 1. The predicted octanol–water partition coefficient (Wildman–Crippen LogP) is 4.38. The van der Waals surface area contributed by atoms with Crippen LogP contribution in [0.5, 0.6) is 0 Å².